The Labute approximate surface area is 145 Å². The average Bonchev–Trinajstić information content (AvgIpc) is 2.64. The number of aromatic nitrogens is 1. The molecule has 1 amide bonds. The van der Waals surface area contributed by atoms with Crippen molar-refractivity contribution in [1.82, 2.24) is 9.88 Å². The van der Waals surface area contributed by atoms with Gasteiger partial charge in [0.05, 0.1) is 11.9 Å². The summed E-state index contributed by atoms with van der Waals surface area (Å²) < 4.78 is 0. The standard InChI is InChI=1S/C20H27N3O/c1-4-6-14-22(3)18-12-13-19(21-15-18)20(24)23(5-2)16-17-10-8-7-9-11-17/h7-13,15H,4-6,14,16H2,1-3H3. The maximum atomic E-state index is 12.7. The Bertz CT molecular complexity index is 625. The minimum atomic E-state index is -0.0240. The molecule has 128 valence electrons. The van der Waals surface area contributed by atoms with Crippen LogP contribution in [0.25, 0.3) is 0 Å². The van der Waals surface area contributed by atoms with Crippen molar-refractivity contribution in [2.45, 2.75) is 33.2 Å². The second-order valence-corrected chi connectivity index (χ2v) is 5.98. The first-order valence-corrected chi connectivity index (χ1v) is 8.66. The van der Waals surface area contributed by atoms with E-state index in [1.807, 2.05) is 54.3 Å². The predicted molar refractivity (Wildman–Crippen MR) is 99.3 cm³/mol. The normalized spacial score (nSPS) is 10.5. The van der Waals surface area contributed by atoms with E-state index in [-0.39, 0.29) is 5.91 Å². The third-order valence-corrected chi connectivity index (χ3v) is 4.14. The quantitative estimate of drug-likeness (QED) is 0.736. The molecule has 0 fully saturated rings. The molecule has 24 heavy (non-hydrogen) atoms. The molecule has 0 saturated heterocycles. The Morgan fingerprint density at radius 3 is 2.42 bits per heavy atom. The van der Waals surface area contributed by atoms with Crippen molar-refractivity contribution in [3.8, 4) is 0 Å². The summed E-state index contributed by atoms with van der Waals surface area (Å²) in [5.41, 5.74) is 2.68. The molecule has 2 rings (SSSR count). The van der Waals surface area contributed by atoms with Crippen molar-refractivity contribution in [3.63, 3.8) is 0 Å². The highest BCUT2D eigenvalue weighted by Gasteiger charge is 2.16. The van der Waals surface area contributed by atoms with Crippen LogP contribution in [0.15, 0.2) is 48.7 Å². The second-order valence-electron chi connectivity index (χ2n) is 5.98. The molecule has 4 nitrogen and oxygen atoms in total. The number of pyridine rings is 1. The van der Waals surface area contributed by atoms with Crippen LogP contribution in [0.2, 0.25) is 0 Å². The van der Waals surface area contributed by atoms with Gasteiger partial charge in [-0.25, -0.2) is 4.98 Å². The summed E-state index contributed by atoms with van der Waals surface area (Å²) in [6, 6.07) is 13.8. The van der Waals surface area contributed by atoms with Gasteiger partial charge in [0.2, 0.25) is 0 Å². The Morgan fingerprint density at radius 2 is 1.83 bits per heavy atom. The summed E-state index contributed by atoms with van der Waals surface area (Å²) in [7, 11) is 2.06. The fourth-order valence-electron chi connectivity index (χ4n) is 2.56. The van der Waals surface area contributed by atoms with E-state index in [2.05, 4.69) is 23.9 Å². The van der Waals surface area contributed by atoms with Crippen LogP contribution in [0, 0.1) is 0 Å². The molecule has 1 heterocycles. The SMILES string of the molecule is CCCCN(C)c1ccc(C(=O)N(CC)Cc2ccccc2)nc1. The topological polar surface area (TPSA) is 36.4 Å². The van der Waals surface area contributed by atoms with Gasteiger partial charge in [0.1, 0.15) is 5.69 Å². The minimum Gasteiger partial charge on any atom is -0.373 e. The van der Waals surface area contributed by atoms with E-state index in [1.54, 1.807) is 6.20 Å². The van der Waals surface area contributed by atoms with Crippen molar-refractivity contribution in [1.29, 1.82) is 0 Å². The number of rotatable bonds is 8. The molecule has 2 aromatic rings. The number of amides is 1. The third kappa shape index (κ3) is 4.82. The molecule has 0 atom stereocenters. The molecule has 0 bridgehead atoms. The number of carbonyl (C=O) groups excluding carboxylic acids is 1. The van der Waals surface area contributed by atoms with Crippen LogP contribution < -0.4 is 4.90 Å². The molecular formula is C20H27N3O. The van der Waals surface area contributed by atoms with E-state index in [9.17, 15) is 4.79 Å². The first-order valence-electron chi connectivity index (χ1n) is 8.66. The van der Waals surface area contributed by atoms with Crippen LogP contribution in [0.5, 0.6) is 0 Å². The summed E-state index contributed by atoms with van der Waals surface area (Å²) in [5.74, 6) is -0.0240. The number of anilines is 1. The van der Waals surface area contributed by atoms with E-state index in [4.69, 9.17) is 0 Å². The number of hydrogen-bond donors (Lipinski definition) is 0. The molecule has 0 N–H and O–H groups in total. The smallest absolute Gasteiger partial charge is 0.272 e. The zero-order valence-corrected chi connectivity index (χ0v) is 14.9. The molecule has 0 radical (unpaired) electrons. The molecule has 0 aliphatic rings. The predicted octanol–water partition coefficient (Wildman–Crippen LogP) is 3.98. The van der Waals surface area contributed by atoms with E-state index in [0.717, 1.165) is 24.2 Å². The molecule has 0 spiro atoms. The van der Waals surface area contributed by atoms with Crippen LogP contribution in [0.4, 0.5) is 5.69 Å². The van der Waals surface area contributed by atoms with Gasteiger partial charge in [0.15, 0.2) is 0 Å². The summed E-state index contributed by atoms with van der Waals surface area (Å²) in [6.07, 6.45) is 4.11. The molecule has 1 aromatic carbocycles. The van der Waals surface area contributed by atoms with E-state index in [1.165, 1.54) is 6.42 Å². The van der Waals surface area contributed by atoms with E-state index >= 15 is 0 Å². The number of nitrogens with zero attached hydrogens (tertiary/aromatic N) is 3. The Morgan fingerprint density at radius 1 is 1.08 bits per heavy atom. The van der Waals surface area contributed by atoms with Crippen LogP contribution in [0.3, 0.4) is 0 Å². The van der Waals surface area contributed by atoms with Gasteiger partial charge in [-0.2, -0.15) is 0 Å². The van der Waals surface area contributed by atoms with Crippen LogP contribution in [-0.4, -0.2) is 35.9 Å². The van der Waals surface area contributed by atoms with Crippen molar-refractivity contribution in [3.05, 3.63) is 59.9 Å². The molecule has 1 aromatic heterocycles. The Kier molecular flexibility index (Phi) is 6.79. The van der Waals surface area contributed by atoms with E-state index < -0.39 is 0 Å². The Hall–Kier alpha value is -2.36. The molecule has 4 heteroatoms. The van der Waals surface area contributed by atoms with Crippen molar-refractivity contribution in [2.24, 2.45) is 0 Å². The minimum absolute atomic E-state index is 0.0240. The van der Waals surface area contributed by atoms with E-state index in [0.29, 0.717) is 18.8 Å². The average molecular weight is 325 g/mol. The van der Waals surface area contributed by atoms with Crippen molar-refractivity contribution >= 4 is 11.6 Å². The molecule has 0 aliphatic heterocycles. The zero-order chi connectivity index (χ0) is 17.4. The molecule has 0 aliphatic carbocycles. The number of unbranched alkanes of at least 4 members (excludes halogenated alkanes) is 1. The van der Waals surface area contributed by atoms with Crippen molar-refractivity contribution in [2.75, 3.05) is 25.0 Å². The van der Waals surface area contributed by atoms with Gasteiger partial charge in [0, 0.05) is 26.7 Å². The molecular weight excluding hydrogens is 298 g/mol. The van der Waals surface area contributed by atoms with Crippen LogP contribution in [0.1, 0.15) is 42.7 Å². The highest BCUT2D eigenvalue weighted by atomic mass is 16.2. The second kappa shape index (κ2) is 9.06. The molecule has 0 unspecified atom stereocenters. The van der Waals surface area contributed by atoms with Gasteiger partial charge < -0.3 is 9.80 Å². The highest BCUT2D eigenvalue weighted by molar-refractivity contribution is 5.92. The summed E-state index contributed by atoms with van der Waals surface area (Å²) >= 11 is 0. The fourth-order valence-corrected chi connectivity index (χ4v) is 2.56. The maximum absolute atomic E-state index is 12.7. The van der Waals surface area contributed by atoms with Gasteiger partial charge >= 0.3 is 0 Å². The lowest BCUT2D eigenvalue weighted by Gasteiger charge is -2.22. The van der Waals surface area contributed by atoms with Gasteiger partial charge in [-0.15, -0.1) is 0 Å². The van der Waals surface area contributed by atoms with Gasteiger partial charge in [-0.05, 0) is 31.0 Å². The number of carbonyl (C=O) groups is 1. The zero-order valence-electron chi connectivity index (χ0n) is 14.9. The number of hydrogen-bond acceptors (Lipinski definition) is 3. The van der Waals surface area contributed by atoms with Gasteiger partial charge in [0.25, 0.3) is 5.91 Å². The fraction of sp³-hybridized carbons (Fsp3) is 0.400. The first-order chi connectivity index (χ1) is 11.7. The maximum Gasteiger partial charge on any atom is 0.272 e. The lowest BCUT2D eigenvalue weighted by molar-refractivity contribution is 0.0746. The Balaban J connectivity index is 2.04. The lowest BCUT2D eigenvalue weighted by atomic mass is 10.2. The van der Waals surface area contributed by atoms with Crippen LogP contribution in [-0.2, 0) is 6.54 Å². The largest absolute Gasteiger partial charge is 0.373 e. The monoisotopic (exact) mass is 325 g/mol. The van der Waals surface area contributed by atoms with Crippen molar-refractivity contribution < 1.29 is 4.79 Å². The lowest BCUT2D eigenvalue weighted by Crippen LogP contribution is -2.31. The highest BCUT2D eigenvalue weighted by Crippen LogP contribution is 2.14. The van der Waals surface area contributed by atoms with Gasteiger partial charge in [-0.3, -0.25) is 4.79 Å². The summed E-state index contributed by atoms with van der Waals surface area (Å²) in [5, 5.41) is 0. The summed E-state index contributed by atoms with van der Waals surface area (Å²) in [6.45, 7) is 6.44. The summed E-state index contributed by atoms with van der Waals surface area (Å²) in [4.78, 5) is 21.1. The number of benzene rings is 1. The van der Waals surface area contributed by atoms with Crippen LogP contribution >= 0.6 is 0 Å². The van der Waals surface area contributed by atoms with Gasteiger partial charge in [-0.1, -0.05) is 43.7 Å². The first kappa shape index (κ1) is 18.0. The molecule has 0 saturated carbocycles. The third-order valence-electron chi connectivity index (χ3n) is 4.14.